The molecule has 1 atom stereocenters. The third-order valence-corrected chi connectivity index (χ3v) is 2.72. The van der Waals surface area contributed by atoms with Gasteiger partial charge in [0.25, 0.3) is 0 Å². The van der Waals surface area contributed by atoms with E-state index in [9.17, 15) is 13.6 Å². The fraction of sp³-hybridized carbons (Fsp3) is 0.300. The average molecular weight is 310 g/mol. The Balaban J connectivity index is 3.27. The predicted octanol–water partition coefficient (Wildman–Crippen LogP) is 2.21. The Morgan fingerprint density at radius 1 is 1.59 bits per heavy atom. The monoisotopic (exact) mass is 309 g/mol. The third kappa shape index (κ3) is 2.92. The largest absolute Gasteiger partial charge is 0.493 e. The Hall–Kier alpha value is -1.21. The molecule has 0 aliphatic heterocycles. The van der Waals surface area contributed by atoms with Crippen LogP contribution in [0, 0.1) is 11.6 Å². The lowest BCUT2D eigenvalue weighted by Crippen LogP contribution is -2.17. The number of benzene rings is 1. The van der Waals surface area contributed by atoms with Gasteiger partial charge in [0.1, 0.15) is 0 Å². The molecule has 4 nitrogen and oxygen atoms in total. The Kier molecular flexibility index (Phi) is 4.41. The van der Waals surface area contributed by atoms with Gasteiger partial charge in [-0.15, -0.1) is 0 Å². The van der Waals surface area contributed by atoms with Crippen molar-refractivity contribution in [1.29, 1.82) is 0 Å². The van der Waals surface area contributed by atoms with E-state index < -0.39 is 30.1 Å². The standard InChI is InChI=1S/C10H10BrF2NO3/c1-17-10-4(6(14)3-7(15)16)2-5(11)8(12)9(10)13/h2,6H,3,14H2,1H3,(H,15,16). The van der Waals surface area contributed by atoms with Gasteiger partial charge in [0.15, 0.2) is 11.6 Å². The average Bonchev–Trinajstić information content (AvgIpc) is 2.24. The lowest BCUT2D eigenvalue weighted by molar-refractivity contribution is -0.137. The van der Waals surface area contributed by atoms with E-state index in [0.717, 1.165) is 7.11 Å². The van der Waals surface area contributed by atoms with Crippen molar-refractivity contribution in [2.24, 2.45) is 5.73 Å². The van der Waals surface area contributed by atoms with Crippen LogP contribution in [0.1, 0.15) is 18.0 Å². The van der Waals surface area contributed by atoms with Crippen molar-refractivity contribution in [3.8, 4) is 5.75 Å². The number of carbonyl (C=O) groups is 1. The van der Waals surface area contributed by atoms with Crippen LogP contribution < -0.4 is 10.5 Å². The van der Waals surface area contributed by atoms with E-state index in [4.69, 9.17) is 15.6 Å². The van der Waals surface area contributed by atoms with Crippen LogP contribution in [0.4, 0.5) is 8.78 Å². The predicted molar refractivity (Wildman–Crippen MR) is 59.8 cm³/mol. The van der Waals surface area contributed by atoms with Gasteiger partial charge in [-0.3, -0.25) is 4.79 Å². The van der Waals surface area contributed by atoms with Gasteiger partial charge in [0.05, 0.1) is 18.0 Å². The normalized spacial score (nSPS) is 12.3. The minimum absolute atomic E-state index is 0.0978. The first-order valence-electron chi connectivity index (χ1n) is 4.57. The van der Waals surface area contributed by atoms with E-state index >= 15 is 0 Å². The van der Waals surface area contributed by atoms with Crippen molar-refractivity contribution < 1.29 is 23.4 Å². The molecule has 0 saturated carbocycles. The number of hydrogen-bond acceptors (Lipinski definition) is 3. The fourth-order valence-electron chi connectivity index (χ4n) is 1.38. The smallest absolute Gasteiger partial charge is 0.305 e. The van der Waals surface area contributed by atoms with Gasteiger partial charge in [0.2, 0.25) is 5.82 Å². The van der Waals surface area contributed by atoms with E-state index in [2.05, 4.69) is 15.9 Å². The molecule has 0 aliphatic carbocycles. The van der Waals surface area contributed by atoms with Crippen molar-refractivity contribution in [1.82, 2.24) is 0 Å². The first-order chi connectivity index (χ1) is 7.88. The molecule has 1 aromatic carbocycles. The zero-order chi connectivity index (χ0) is 13.2. The highest BCUT2D eigenvalue weighted by molar-refractivity contribution is 9.10. The number of rotatable bonds is 4. The van der Waals surface area contributed by atoms with Crippen LogP contribution in [0.25, 0.3) is 0 Å². The van der Waals surface area contributed by atoms with Gasteiger partial charge in [-0.2, -0.15) is 4.39 Å². The number of hydrogen-bond donors (Lipinski definition) is 2. The van der Waals surface area contributed by atoms with Gasteiger partial charge >= 0.3 is 5.97 Å². The molecule has 0 spiro atoms. The first kappa shape index (κ1) is 13.9. The number of methoxy groups -OCH3 is 1. The van der Waals surface area contributed by atoms with Crippen molar-refractivity contribution in [2.45, 2.75) is 12.5 Å². The summed E-state index contributed by atoms with van der Waals surface area (Å²) in [7, 11) is 1.16. The maximum absolute atomic E-state index is 13.5. The number of ether oxygens (including phenoxy) is 1. The molecule has 3 N–H and O–H groups in total. The first-order valence-corrected chi connectivity index (χ1v) is 5.36. The molecule has 17 heavy (non-hydrogen) atoms. The zero-order valence-corrected chi connectivity index (χ0v) is 10.4. The van der Waals surface area contributed by atoms with Crippen molar-refractivity contribution in [3.05, 3.63) is 27.7 Å². The van der Waals surface area contributed by atoms with E-state index in [1.165, 1.54) is 6.07 Å². The van der Waals surface area contributed by atoms with Crippen LogP contribution in [0.2, 0.25) is 0 Å². The number of nitrogens with two attached hydrogens (primary N) is 1. The molecule has 0 amide bonds. The van der Waals surface area contributed by atoms with Crippen LogP contribution >= 0.6 is 15.9 Å². The topological polar surface area (TPSA) is 72.5 Å². The van der Waals surface area contributed by atoms with Crippen LogP contribution in [0.15, 0.2) is 10.5 Å². The van der Waals surface area contributed by atoms with Crippen molar-refractivity contribution >= 4 is 21.9 Å². The van der Waals surface area contributed by atoms with Crippen LogP contribution in [0.3, 0.4) is 0 Å². The number of carboxylic acids is 1. The second-order valence-corrected chi connectivity index (χ2v) is 4.17. The minimum atomic E-state index is -1.20. The lowest BCUT2D eigenvalue weighted by atomic mass is 10.0. The van der Waals surface area contributed by atoms with Crippen LogP contribution in [0.5, 0.6) is 5.75 Å². The molecule has 0 fully saturated rings. The summed E-state index contributed by atoms with van der Waals surface area (Å²) in [6.07, 6.45) is -0.409. The molecule has 1 rings (SSSR count). The maximum Gasteiger partial charge on any atom is 0.305 e. The Morgan fingerprint density at radius 3 is 2.65 bits per heavy atom. The lowest BCUT2D eigenvalue weighted by Gasteiger charge is -2.15. The Bertz CT molecular complexity index is 454. The number of halogens is 3. The SMILES string of the molecule is COc1c(C(N)CC(=O)O)cc(Br)c(F)c1F. The van der Waals surface area contributed by atoms with E-state index in [-0.39, 0.29) is 15.8 Å². The highest BCUT2D eigenvalue weighted by Crippen LogP contribution is 2.34. The number of aliphatic carboxylic acids is 1. The minimum Gasteiger partial charge on any atom is -0.493 e. The van der Waals surface area contributed by atoms with Gasteiger partial charge in [-0.1, -0.05) is 0 Å². The Morgan fingerprint density at radius 2 is 2.18 bits per heavy atom. The summed E-state index contributed by atoms with van der Waals surface area (Å²) < 4.78 is 31.3. The summed E-state index contributed by atoms with van der Waals surface area (Å²) in [4.78, 5) is 10.5. The molecule has 1 aromatic rings. The van der Waals surface area contributed by atoms with E-state index in [0.29, 0.717) is 0 Å². The van der Waals surface area contributed by atoms with E-state index in [1.54, 1.807) is 0 Å². The molecule has 94 valence electrons. The molecule has 7 heteroatoms. The van der Waals surface area contributed by atoms with Crippen LogP contribution in [-0.4, -0.2) is 18.2 Å². The zero-order valence-electron chi connectivity index (χ0n) is 8.84. The molecule has 0 bridgehead atoms. The molecular weight excluding hydrogens is 300 g/mol. The summed E-state index contributed by atoms with van der Waals surface area (Å²) in [6, 6.07) is 0.235. The van der Waals surface area contributed by atoms with Gasteiger partial charge in [0, 0.05) is 11.6 Å². The quantitative estimate of drug-likeness (QED) is 0.836. The molecule has 0 aliphatic rings. The summed E-state index contributed by atoms with van der Waals surface area (Å²) in [6.45, 7) is 0. The summed E-state index contributed by atoms with van der Waals surface area (Å²) >= 11 is 2.82. The molecule has 0 aromatic heterocycles. The van der Waals surface area contributed by atoms with Gasteiger partial charge < -0.3 is 15.6 Å². The Labute approximate surface area is 104 Å². The van der Waals surface area contributed by atoms with Crippen molar-refractivity contribution in [3.63, 3.8) is 0 Å². The maximum atomic E-state index is 13.5. The summed E-state index contributed by atoms with van der Waals surface area (Å²) in [5, 5.41) is 8.60. The van der Waals surface area contributed by atoms with Gasteiger partial charge in [-0.05, 0) is 22.0 Å². The fourth-order valence-corrected chi connectivity index (χ4v) is 1.80. The summed E-state index contributed by atoms with van der Waals surface area (Å²) in [5.74, 6) is -3.81. The molecular formula is C10H10BrF2NO3. The van der Waals surface area contributed by atoms with Gasteiger partial charge in [-0.25, -0.2) is 4.39 Å². The van der Waals surface area contributed by atoms with Crippen molar-refractivity contribution in [2.75, 3.05) is 7.11 Å². The second-order valence-electron chi connectivity index (χ2n) is 3.31. The summed E-state index contributed by atoms with van der Waals surface area (Å²) in [5.41, 5.74) is 5.69. The molecule has 1 unspecified atom stereocenters. The molecule has 0 saturated heterocycles. The highest BCUT2D eigenvalue weighted by Gasteiger charge is 2.23. The molecule has 0 heterocycles. The second kappa shape index (κ2) is 5.42. The highest BCUT2D eigenvalue weighted by atomic mass is 79.9. The van der Waals surface area contributed by atoms with E-state index in [1.807, 2.05) is 0 Å². The molecule has 0 radical (unpaired) electrons. The number of carboxylic acid groups (broad SMARTS) is 1. The van der Waals surface area contributed by atoms with Crippen LogP contribution in [-0.2, 0) is 4.79 Å². The third-order valence-electron chi connectivity index (χ3n) is 2.14.